The SMILES string of the molecule is O=C(O)[C@@H](Cc1ccc(Oc2ccccc2)cc1)OCc1ccccc1. The highest BCUT2D eigenvalue weighted by Crippen LogP contribution is 2.22. The van der Waals surface area contributed by atoms with Gasteiger partial charge in [0.2, 0.25) is 0 Å². The first-order chi connectivity index (χ1) is 12.7. The normalized spacial score (nSPS) is 11.7. The van der Waals surface area contributed by atoms with Crippen molar-refractivity contribution in [2.75, 3.05) is 0 Å². The molecule has 1 atom stereocenters. The Labute approximate surface area is 152 Å². The molecular weight excluding hydrogens is 328 g/mol. The third-order valence-electron chi connectivity index (χ3n) is 3.89. The zero-order chi connectivity index (χ0) is 18.2. The lowest BCUT2D eigenvalue weighted by atomic mass is 10.1. The molecule has 0 aromatic heterocycles. The Kier molecular flexibility index (Phi) is 6.01. The lowest BCUT2D eigenvalue weighted by molar-refractivity contribution is -0.151. The second kappa shape index (κ2) is 8.83. The van der Waals surface area contributed by atoms with Crippen LogP contribution in [0.4, 0.5) is 0 Å². The van der Waals surface area contributed by atoms with E-state index in [-0.39, 0.29) is 6.61 Å². The predicted octanol–water partition coefficient (Wildman–Crippen LogP) is 4.69. The van der Waals surface area contributed by atoms with Crippen LogP contribution in [0.1, 0.15) is 11.1 Å². The molecule has 0 aliphatic rings. The smallest absolute Gasteiger partial charge is 0.333 e. The van der Waals surface area contributed by atoms with Gasteiger partial charge in [0, 0.05) is 6.42 Å². The number of aliphatic carboxylic acids is 1. The average Bonchev–Trinajstić information content (AvgIpc) is 2.68. The van der Waals surface area contributed by atoms with Crippen molar-refractivity contribution < 1.29 is 19.4 Å². The molecule has 4 nitrogen and oxygen atoms in total. The van der Waals surface area contributed by atoms with Gasteiger partial charge in [0.25, 0.3) is 0 Å². The summed E-state index contributed by atoms with van der Waals surface area (Å²) in [7, 11) is 0. The molecule has 132 valence electrons. The zero-order valence-corrected chi connectivity index (χ0v) is 14.2. The molecule has 0 fully saturated rings. The number of carbonyl (C=O) groups is 1. The van der Waals surface area contributed by atoms with E-state index in [1.165, 1.54) is 0 Å². The molecule has 3 aromatic rings. The van der Waals surface area contributed by atoms with Crippen LogP contribution in [0.15, 0.2) is 84.9 Å². The molecule has 0 amide bonds. The van der Waals surface area contributed by atoms with Gasteiger partial charge in [0.15, 0.2) is 6.10 Å². The summed E-state index contributed by atoms with van der Waals surface area (Å²) in [5.41, 5.74) is 1.83. The summed E-state index contributed by atoms with van der Waals surface area (Å²) in [5.74, 6) is 0.498. The third-order valence-corrected chi connectivity index (χ3v) is 3.89. The Hall–Kier alpha value is -3.11. The van der Waals surface area contributed by atoms with Crippen LogP contribution < -0.4 is 4.74 Å². The Morgan fingerprint density at radius 2 is 1.35 bits per heavy atom. The molecule has 0 bridgehead atoms. The summed E-state index contributed by atoms with van der Waals surface area (Å²) in [6.45, 7) is 0.271. The lowest BCUT2D eigenvalue weighted by Crippen LogP contribution is -2.26. The van der Waals surface area contributed by atoms with E-state index in [1.54, 1.807) is 0 Å². The van der Waals surface area contributed by atoms with E-state index in [1.807, 2.05) is 84.9 Å². The Morgan fingerprint density at radius 1 is 0.769 bits per heavy atom. The number of ether oxygens (including phenoxy) is 2. The molecule has 0 radical (unpaired) electrons. The van der Waals surface area contributed by atoms with Gasteiger partial charge in [0.1, 0.15) is 11.5 Å². The van der Waals surface area contributed by atoms with E-state index in [0.717, 1.165) is 16.9 Å². The van der Waals surface area contributed by atoms with E-state index in [0.29, 0.717) is 12.2 Å². The average molecular weight is 348 g/mol. The van der Waals surface area contributed by atoms with Crippen molar-refractivity contribution in [2.24, 2.45) is 0 Å². The molecule has 0 saturated carbocycles. The predicted molar refractivity (Wildman–Crippen MR) is 99.3 cm³/mol. The molecule has 1 N–H and O–H groups in total. The van der Waals surface area contributed by atoms with Crippen LogP contribution in [0.5, 0.6) is 11.5 Å². The summed E-state index contributed by atoms with van der Waals surface area (Å²) < 4.78 is 11.3. The largest absolute Gasteiger partial charge is 0.479 e. The number of hydrogen-bond donors (Lipinski definition) is 1. The molecule has 26 heavy (non-hydrogen) atoms. The van der Waals surface area contributed by atoms with Crippen LogP contribution >= 0.6 is 0 Å². The van der Waals surface area contributed by atoms with Crippen LogP contribution in [-0.2, 0) is 22.6 Å². The quantitative estimate of drug-likeness (QED) is 0.641. The van der Waals surface area contributed by atoms with Crippen molar-refractivity contribution in [1.82, 2.24) is 0 Å². The molecular formula is C22H20O4. The van der Waals surface area contributed by atoms with Crippen molar-refractivity contribution >= 4 is 5.97 Å². The maximum absolute atomic E-state index is 11.5. The van der Waals surface area contributed by atoms with Gasteiger partial charge in [-0.1, -0.05) is 60.7 Å². The van der Waals surface area contributed by atoms with Gasteiger partial charge in [-0.2, -0.15) is 0 Å². The molecule has 0 heterocycles. The van der Waals surface area contributed by atoms with Gasteiger partial charge in [0.05, 0.1) is 6.61 Å². The molecule has 0 aliphatic carbocycles. The third kappa shape index (κ3) is 5.19. The van der Waals surface area contributed by atoms with E-state index in [4.69, 9.17) is 9.47 Å². The van der Waals surface area contributed by atoms with Crippen LogP contribution in [0.2, 0.25) is 0 Å². The van der Waals surface area contributed by atoms with Gasteiger partial charge < -0.3 is 14.6 Å². The summed E-state index contributed by atoms with van der Waals surface area (Å²) in [6, 6.07) is 26.4. The molecule has 0 spiro atoms. The Morgan fingerprint density at radius 3 is 1.96 bits per heavy atom. The van der Waals surface area contributed by atoms with Gasteiger partial charge in [-0.15, -0.1) is 0 Å². The fourth-order valence-electron chi connectivity index (χ4n) is 2.52. The van der Waals surface area contributed by atoms with E-state index < -0.39 is 12.1 Å². The number of benzene rings is 3. The van der Waals surface area contributed by atoms with Crippen LogP contribution in [-0.4, -0.2) is 17.2 Å². The molecule has 0 aliphatic heterocycles. The number of rotatable bonds is 8. The number of hydrogen-bond acceptors (Lipinski definition) is 3. The minimum absolute atomic E-state index is 0.271. The lowest BCUT2D eigenvalue weighted by Gasteiger charge is -2.14. The van der Waals surface area contributed by atoms with Crippen molar-refractivity contribution in [3.05, 3.63) is 96.1 Å². The molecule has 0 unspecified atom stereocenters. The standard InChI is InChI=1S/C22H20O4/c23-22(24)21(25-16-18-7-3-1-4-8-18)15-17-11-13-20(14-12-17)26-19-9-5-2-6-10-19/h1-14,21H,15-16H2,(H,23,24)/t21-/m1/s1. The van der Waals surface area contributed by atoms with Crippen molar-refractivity contribution in [3.8, 4) is 11.5 Å². The van der Waals surface area contributed by atoms with Crippen molar-refractivity contribution in [3.63, 3.8) is 0 Å². The van der Waals surface area contributed by atoms with E-state index >= 15 is 0 Å². The summed E-state index contributed by atoms with van der Waals surface area (Å²) in [6.07, 6.45) is -0.593. The van der Waals surface area contributed by atoms with Crippen LogP contribution in [0, 0.1) is 0 Å². The number of carboxylic acids is 1. The maximum atomic E-state index is 11.5. The molecule has 3 aromatic carbocycles. The van der Waals surface area contributed by atoms with E-state index in [9.17, 15) is 9.90 Å². The summed E-state index contributed by atoms with van der Waals surface area (Å²) in [4.78, 5) is 11.5. The Balaban J connectivity index is 1.59. The Bertz CT molecular complexity index is 814. The summed E-state index contributed by atoms with van der Waals surface area (Å²) in [5, 5.41) is 9.41. The number of carboxylic acid groups (broad SMARTS) is 1. The van der Waals surface area contributed by atoms with Crippen molar-refractivity contribution in [1.29, 1.82) is 0 Å². The molecule has 0 saturated heterocycles. The van der Waals surface area contributed by atoms with Crippen molar-refractivity contribution in [2.45, 2.75) is 19.1 Å². The summed E-state index contributed by atoms with van der Waals surface area (Å²) >= 11 is 0. The first-order valence-corrected chi connectivity index (χ1v) is 8.41. The monoisotopic (exact) mass is 348 g/mol. The fourth-order valence-corrected chi connectivity index (χ4v) is 2.52. The second-order valence-corrected chi connectivity index (χ2v) is 5.89. The van der Waals surface area contributed by atoms with Crippen LogP contribution in [0.25, 0.3) is 0 Å². The van der Waals surface area contributed by atoms with Gasteiger partial charge in [-0.3, -0.25) is 0 Å². The highest BCUT2D eigenvalue weighted by Gasteiger charge is 2.18. The van der Waals surface area contributed by atoms with Gasteiger partial charge in [-0.25, -0.2) is 4.79 Å². The second-order valence-electron chi connectivity index (χ2n) is 5.89. The van der Waals surface area contributed by atoms with Gasteiger partial charge >= 0.3 is 5.97 Å². The molecule has 3 rings (SSSR count). The number of para-hydroxylation sites is 1. The highest BCUT2D eigenvalue weighted by atomic mass is 16.5. The van der Waals surface area contributed by atoms with Gasteiger partial charge in [-0.05, 0) is 35.4 Å². The fraction of sp³-hybridized carbons (Fsp3) is 0.136. The minimum Gasteiger partial charge on any atom is -0.479 e. The first-order valence-electron chi connectivity index (χ1n) is 8.41. The first kappa shape index (κ1) is 17.7. The van der Waals surface area contributed by atoms with E-state index in [2.05, 4.69) is 0 Å². The topological polar surface area (TPSA) is 55.8 Å². The highest BCUT2D eigenvalue weighted by molar-refractivity contribution is 5.72. The maximum Gasteiger partial charge on any atom is 0.333 e. The zero-order valence-electron chi connectivity index (χ0n) is 14.2. The molecule has 4 heteroatoms. The van der Waals surface area contributed by atoms with Crippen LogP contribution in [0.3, 0.4) is 0 Å². The minimum atomic E-state index is -0.967.